The van der Waals surface area contributed by atoms with Crippen molar-refractivity contribution >= 4 is 108 Å². The van der Waals surface area contributed by atoms with E-state index in [2.05, 4.69) is 188 Å². The van der Waals surface area contributed by atoms with Gasteiger partial charge in [0.15, 0.2) is 0 Å². The molecule has 0 aliphatic carbocycles. The van der Waals surface area contributed by atoms with Gasteiger partial charge in [-0.05, 0) is 95.0 Å². The fourth-order valence-electron chi connectivity index (χ4n) is 9.82. The molecule has 0 aliphatic heterocycles. The monoisotopic (exact) mass is 721 g/mol. The summed E-state index contributed by atoms with van der Waals surface area (Å²) in [6, 6.07) is 68.4. The fraction of sp³-hybridized carbons (Fsp3) is 0. The van der Waals surface area contributed by atoms with Gasteiger partial charge in [-0.25, -0.2) is 4.98 Å². The molecule has 0 amide bonds. The highest BCUT2D eigenvalue weighted by molar-refractivity contribution is 6.31. The average molecular weight is 722 g/mol. The Morgan fingerprint density at radius 2 is 0.807 bits per heavy atom. The van der Waals surface area contributed by atoms with Crippen molar-refractivity contribution in [3.8, 4) is 22.4 Å². The third kappa shape index (κ3) is 4.33. The van der Waals surface area contributed by atoms with Crippen LogP contribution < -0.4 is 0 Å². The van der Waals surface area contributed by atoms with Crippen molar-refractivity contribution in [2.24, 2.45) is 0 Å². The molecule has 13 rings (SSSR count). The molecule has 2 aromatic heterocycles. The smallest absolute Gasteiger partial charge is 0.143 e. The maximum Gasteiger partial charge on any atom is 0.143 e. The summed E-state index contributed by atoms with van der Waals surface area (Å²) in [4.78, 5) is 5.66. The summed E-state index contributed by atoms with van der Waals surface area (Å²) in [6.45, 7) is 0. The van der Waals surface area contributed by atoms with E-state index in [9.17, 15) is 0 Å². The van der Waals surface area contributed by atoms with Gasteiger partial charge in [0.2, 0.25) is 0 Å². The zero-order valence-electron chi connectivity index (χ0n) is 30.8. The second-order valence-electron chi connectivity index (χ2n) is 15.4. The Morgan fingerprint density at radius 3 is 1.46 bits per heavy atom. The molecule has 0 unspecified atom stereocenters. The van der Waals surface area contributed by atoms with Gasteiger partial charge < -0.3 is 4.42 Å². The Morgan fingerprint density at radius 1 is 0.316 bits per heavy atom. The lowest BCUT2D eigenvalue weighted by molar-refractivity contribution is 0.671. The maximum absolute atomic E-state index is 7.04. The van der Waals surface area contributed by atoms with E-state index in [1.54, 1.807) is 0 Å². The number of aromatic nitrogens is 1. The average Bonchev–Trinajstić information content (AvgIpc) is 3.64. The number of hydrogen-bond donors (Lipinski definition) is 0. The lowest BCUT2D eigenvalue weighted by Gasteiger charge is -2.20. The first-order valence-electron chi connectivity index (χ1n) is 19.6. The normalized spacial score (nSPS) is 12.2. The molecular formula is C55H31NO. The highest BCUT2D eigenvalue weighted by Gasteiger charge is 2.24. The van der Waals surface area contributed by atoms with Crippen LogP contribution in [0.1, 0.15) is 0 Å². The lowest BCUT2D eigenvalue weighted by atomic mass is 9.84. The molecule has 0 saturated heterocycles. The van der Waals surface area contributed by atoms with Crippen LogP contribution in [0.15, 0.2) is 192 Å². The minimum Gasteiger partial charge on any atom is -0.455 e. The first-order chi connectivity index (χ1) is 28.3. The Bertz CT molecular complexity index is 3810. The van der Waals surface area contributed by atoms with Crippen LogP contribution in [-0.4, -0.2) is 4.98 Å². The van der Waals surface area contributed by atoms with Crippen LogP contribution in [0.25, 0.3) is 131 Å². The number of pyridine rings is 1. The van der Waals surface area contributed by atoms with Gasteiger partial charge in [-0.15, -0.1) is 0 Å². The molecule has 57 heavy (non-hydrogen) atoms. The second-order valence-corrected chi connectivity index (χ2v) is 15.4. The summed E-state index contributed by atoms with van der Waals surface area (Å²) in [5, 5.41) is 20.1. The minimum absolute atomic E-state index is 0.901. The van der Waals surface area contributed by atoms with E-state index in [1.807, 2.05) is 0 Å². The third-order valence-corrected chi connectivity index (χ3v) is 12.3. The Labute approximate surface area is 326 Å². The number of furan rings is 1. The Hall–Kier alpha value is -7.55. The molecule has 0 bridgehead atoms. The van der Waals surface area contributed by atoms with Gasteiger partial charge in [0.05, 0.1) is 11.2 Å². The van der Waals surface area contributed by atoms with E-state index < -0.39 is 0 Å². The van der Waals surface area contributed by atoms with Gasteiger partial charge in [0.1, 0.15) is 11.2 Å². The van der Waals surface area contributed by atoms with E-state index >= 15 is 0 Å². The molecule has 13 aromatic rings. The summed E-state index contributed by atoms with van der Waals surface area (Å²) in [5.74, 6) is 0. The molecule has 0 N–H and O–H groups in total. The van der Waals surface area contributed by atoms with Crippen LogP contribution in [-0.2, 0) is 0 Å². The van der Waals surface area contributed by atoms with Gasteiger partial charge >= 0.3 is 0 Å². The van der Waals surface area contributed by atoms with E-state index in [4.69, 9.17) is 9.40 Å². The first-order valence-corrected chi connectivity index (χ1v) is 19.6. The van der Waals surface area contributed by atoms with E-state index in [0.717, 1.165) is 60.4 Å². The van der Waals surface area contributed by atoms with Crippen LogP contribution in [0, 0.1) is 0 Å². The molecule has 0 saturated carbocycles. The summed E-state index contributed by atoms with van der Waals surface area (Å²) in [7, 11) is 0. The molecule has 11 aromatic carbocycles. The standard InChI is InChI=1S/C55H31NO/c1-3-16-35-30-48-45(27-33(35)14-1)50-38-19-7-5-13-32(38)25-26-44(50)54(56-48)52-42-23-11-9-21-40(42)51(41-22-10-12-24-43(41)52)47-29-37-18-6-8-20-39(37)53-46-28-34-15-2-4-17-36(34)31-49(46)57-55(47)53/h1-31H. The predicted molar refractivity (Wildman–Crippen MR) is 242 cm³/mol. The van der Waals surface area contributed by atoms with Gasteiger partial charge in [-0.1, -0.05) is 158 Å². The number of hydrogen-bond acceptors (Lipinski definition) is 2. The summed E-state index contributed by atoms with van der Waals surface area (Å²) >= 11 is 0. The number of fused-ring (bicyclic) bond motifs is 14. The second kappa shape index (κ2) is 11.5. The number of nitrogens with zero attached hydrogens (tertiary/aromatic N) is 1. The molecule has 2 heteroatoms. The SMILES string of the molecule is c1ccc2cc3c(cc2c1)nc(-c1c2ccccc2c(-c2cc4ccccc4c4c2oc2cc5ccccc5cc24)c2ccccc12)c1ccc2ccccc2c13. The zero-order valence-corrected chi connectivity index (χ0v) is 30.8. The molecule has 2 heterocycles. The lowest BCUT2D eigenvalue weighted by Crippen LogP contribution is -1.95. The van der Waals surface area contributed by atoms with Crippen LogP contribution in [0.3, 0.4) is 0 Å². The Kier molecular flexibility index (Phi) is 6.19. The van der Waals surface area contributed by atoms with E-state index in [-0.39, 0.29) is 0 Å². The molecule has 0 atom stereocenters. The van der Waals surface area contributed by atoms with Crippen molar-refractivity contribution in [1.82, 2.24) is 4.98 Å². The third-order valence-electron chi connectivity index (χ3n) is 12.3. The molecule has 0 spiro atoms. The highest BCUT2D eigenvalue weighted by Crippen LogP contribution is 2.50. The summed E-state index contributed by atoms with van der Waals surface area (Å²) in [5.41, 5.74) is 7.22. The van der Waals surface area contributed by atoms with Crippen molar-refractivity contribution in [2.75, 3.05) is 0 Å². The molecular weight excluding hydrogens is 691 g/mol. The molecule has 262 valence electrons. The van der Waals surface area contributed by atoms with Crippen LogP contribution >= 0.6 is 0 Å². The topological polar surface area (TPSA) is 26.0 Å². The fourth-order valence-corrected chi connectivity index (χ4v) is 9.82. The summed E-state index contributed by atoms with van der Waals surface area (Å²) < 4.78 is 7.04. The molecule has 0 radical (unpaired) electrons. The van der Waals surface area contributed by atoms with Crippen LogP contribution in [0.2, 0.25) is 0 Å². The largest absolute Gasteiger partial charge is 0.455 e. The van der Waals surface area contributed by atoms with Gasteiger partial charge in [-0.2, -0.15) is 0 Å². The van der Waals surface area contributed by atoms with Gasteiger partial charge in [0, 0.05) is 43.6 Å². The van der Waals surface area contributed by atoms with Crippen molar-refractivity contribution in [3.63, 3.8) is 0 Å². The zero-order chi connectivity index (χ0) is 37.2. The van der Waals surface area contributed by atoms with Gasteiger partial charge in [0.25, 0.3) is 0 Å². The molecule has 2 nitrogen and oxygen atoms in total. The van der Waals surface area contributed by atoms with Crippen molar-refractivity contribution in [1.29, 1.82) is 0 Å². The number of rotatable bonds is 2. The van der Waals surface area contributed by atoms with Crippen molar-refractivity contribution in [3.05, 3.63) is 188 Å². The van der Waals surface area contributed by atoms with E-state index in [1.165, 1.54) is 70.2 Å². The molecule has 0 fully saturated rings. The molecule has 0 aliphatic rings. The van der Waals surface area contributed by atoms with Crippen LogP contribution in [0.5, 0.6) is 0 Å². The van der Waals surface area contributed by atoms with Crippen LogP contribution in [0.4, 0.5) is 0 Å². The van der Waals surface area contributed by atoms with Gasteiger partial charge in [-0.3, -0.25) is 0 Å². The van der Waals surface area contributed by atoms with E-state index in [0.29, 0.717) is 0 Å². The highest BCUT2D eigenvalue weighted by atomic mass is 16.3. The number of benzene rings is 11. The predicted octanol–water partition coefficient (Wildman–Crippen LogP) is 15.5. The first kappa shape index (κ1) is 30.7. The maximum atomic E-state index is 7.04. The quantitative estimate of drug-likeness (QED) is 0.131. The Balaban J connectivity index is 1.20. The van der Waals surface area contributed by atoms with Crippen molar-refractivity contribution < 1.29 is 4.42 Å². The van der Waals surface area contributed by atoms with Crippen molar-refractivity contribution in [2.45, 2.75) is 0 Å². The summed E-state index contributed by atoms with van der Waals surface area (Å²) in [6.07, 6.45) is 0. The minimum atomic E-state index is 0.901.